The number of piperidine rings is 1. The molecule has 1 aromatic heterocycles. The average molecular weight is 535 g/mol. The minimum Gasteiger partial charge on any atom is -0.481 e. The molecule has 11 nitrogen and oxygen atoms in total. The van der Waals surface area contributed by atoms with E-state index in [0.29, 0.717) is 30.0 Å². The van der Waals surface area contributed by atoms with Crippen molar-refractivity contribution in [2.24, 2.45) is 5.73 Å². The first-order valence-corrected chi connectivity index (χ1v) is 12.4. The van der Waals surface area contributed by atoms with E-state index in [2.05, 4.69) is 5.32 Å². The molecule has 204 valence electrons. The van der Waals surface area contributed by atoms with Crippen molar-refractivity contribution in [3.8, 4) is 0 Å². The van der Waals surface area contributed by atoms with E-state index in [0.717, 1.165) is 0 Å². The number of hydrogen-bond acceptors (Lipinski definition) is 7. The fourth-order valence-corrected chi connectivity index (χ4v) is 5.02. The summed E-state index contributed by atoms with van der Waals surface area (Å²) in [5, 5.41) is 12.4. The van der Waals surface area contributed by atoms with Gasteiger partial charge in [0.15, 0.2) is 5.76 Å². The summed E-state index contributed by atoms with van der Waals surface area (Å²) in [5.74, 6) is -2.87. The number of nitrogens with zero attached hydrogens (tertiary/aromatic N) is 2. The normalized spacial score (nSPS) is 15.6. The summed E-state index contributed by atoms with van der Waals surface area (Å²) in [7, 11) is 1.26. The molecule has 4 rings (SSSR count). The highest BCUT2D eigenvalue weighted by Gasteiger charge is 2.51. The molecule has 0 spiro atoms. The third kappa shape index (κ3) is 5.93. The van der Waals surface area contributed by atoms with Crippen LogP contribution >= 0.6 is 0 Å². The molecule has 1 unspecified atom stereocenters. The van der Waals surface area contributed by atoms with Gasteiger partial charge in [0, 0.05) is 31.0 Å². The summed E-state index contributed by atoms with van der Waals surface area (Å²) in [6.45, 7) is 0.889. The van der Waals surface area contributed by atoms with Crippen LogP contribution in [0.2, 0.25) is 0 Å². The lowest BCUT2D eigenvalue weighted by Gasteiger charge is -2.46. The van der Waals surface area contributed by atoms with E-state index in [1.807, 2.05) is 11.0 Å². The first kappa shape index (κ1) is 27.4. The number of nitrogens with one attached hydrogen (secondary N) is 1. The van der Waals surface area contributed by atoms with Crippen LogP contribution in [0.3, 0.4) is 0 Å². The molecule has 2 heterocycles. The molecule has 1 atom stereocenters. The summed E-state index contributed by atoms with van der Waals surface area (Å²) in [4.78, 5) is 54.1. The number of benzene rings is 2. The molecule has 4 N–H and O–H groups in total. The fraction of sp³-hybridized carbons (Fsp3) is 0.286. The third-order valence-electron chi connectivity index (χ3n) is 6.92. The molecule has 11 heteroatoms. The van der Waals surface area contributed by atoms with Gasteiger partial charge in [-0.3, -0.25) is 14.5 Å². The van der Waals surface area contributed by atoms with E-state index in [-0.39, 0.29) is 25.1 Å². The number of carbonyl (C=O) groups is 4. The smallest absolute Gasteiger partial charge is 0.332 e. The molecule has 0 saturated carbocycles. The Balaban J connectivity index is 1.68. The van der Waals surface area contributed by atoms with Gasteiger partial charge in [-0.1, -0.05) is 36.4 Å². The van der Waals surface area contributed by atoms with Crippen LogP contribution in [0.25, 0.3) is 0 Å². The molecule has 2 aromatic carbocycles. The SMILES string of the molecule is COC(=O)C1(N(C(=O)c2ccco2)c2cccc(NC(N)=O)c2)CCN(CC(C(=O)O)c2ccccc2)CC1. The number of amides is 3. The standard InChI is InChI=1S/C28H30N4O7/c1-38-26(36)28(12-14-31(15-13-28)18-22(25(34)35)19-7-3-2-4-8-19)32(24(33)23-11-6-16-39-23)21-10-5-9-20(17-21)30-27(29)37/h2-11,16-17,22H,12-15,18H2,1H3,(H,34,35)(H3,29,30,37). The molecule has 1 fully saturated rings. The first-order valence-electron chi connectivity index (χ1n) is 12.4. The van der Waals surface area contributed by atoms with Gasteiger partial charge in [-0.2, -0.15) is 0 Å². The van der Waals surface area contributed by atoms with Crippen LogP contribution in [0, 0.1) is 0 Å². The van der Waals surface area contributed by atoms with Gasteiger partial charge in [0.2, 0.25) is 0 Å². The summed E-state index contributed by atoms with van der Waals surface area (Å²) < 4.78 is 10.6. The maximum absolute atomic E-state index is 13.8. The Morgan fingerprint density at radius 2 is 1.79 bits per heavy atom. The number of anilines is 2. The van der Waals surface area contributed by atoms with Gasteiger partial charge < -0.3 is 30.2 Å². The molecule has 0 bridgehead atoms. The zero-order chi connectivity index (χ0) is 28.0. The molecule has 39 heavy (non-hydrogen) atoms. The number of carboxylic acid groups (broad SMARTS) is 1. The van der Waals surface area contributed by atoms with Gasteiger partial charge in [0.1, 0.15) is 5.54 Å². The molecule has 1 aliphatic rings. The third-order valence-corrected chi connectivity index (χ3v) is 6.92. The van der Waals surface area contributed by atoms with E-state index in [4.69, 9.17) is 14.9 Å². The van der Waals surface area contributed by atoms with E-state index >= 15 is 0 Å². The van der Waals surface area contributed by atoms with Crippen LogP contribution < -0.4 is 16.0 Å². The van der Waals surface area contributed by atoms with Crippen molar-refractivity contribution in [3.05, 3.63) is 84.3 Å². The van der Waals surface area contributed by atoms with Gasteiger partial charge in [0.05, 0.1) is 19.3 Å². The van der Waals surface area contributed by atoms with Crippen molar-refractivity contribution in [1.82, 2.24) is 4.90 Å². The highest BCUT2D eigenvalue weighted by Crippen LogP contribution is 2.37. The number of likely N-dealkylation sites (tertiary alicyclic amines) is 1. The van der Waals surface area contributed by atoms with Crippen molar-refractivity contribution in [2.75, 3.05) is 37.0 Å². The number of urea groups is 1. The van der Waals surface area contributed by atoms with Gasteiger partial charge >= 0.3 is 18.0 Å². The number of esters is 1. The lowest BCUT2D eigenvalue weighted by molar-refractivity contribution is -0.149. The van der Waals surface area contributed by atoms with Crippen LogP contribution in [0.5, 0.6) is 0 Å². The number of ether oxygens (including phenoxy) is 1. The van der Waals surface area contributed by atoms with Gasteiger partial charge in [-0.25, -0.2) is 9.59 Å². The highest BCUT2D eigenvalue weighted by atomic mass is 16.5. The quantitative estimate of drug-likeness (QED) is 0.353. The summed E-state index contributed by atoms with van der Waals surface area (Å²) in [6, 6.07) is 17.7. The monoisotopic (exact) mass is 534 g/mol. The van der Waals surface area contributed by atoms with Gasteiger partial charge in [0.25, 0.3) is 5.91 Å². The summed E-state index contributed by atoms with van der Waals surface area (Å²) >= 11 is 0. The molecule has 1 saturated heterocycles. The second-order valence-corrected chi connectivity index (χ2v) is 9.28. The molecule has 1 aliphatic heterocycles. The Labute approximate surface area is 225 Å². The predicted octanol–water partition coefficient (Wildman–Crippen LogP) is 3.29. The van der Waals surface area contributed by atoms with E-state index in [1.54, 1.807) is 54.6 Å². The van der Waals surface area contributed by atoms with Crippen LogP contribution in [0.1, 0.15) is 34.9 Å². The lowest BCUT2D eigenvalue weighted by Crippen LogP contribution is -2.63. The van der Waals surface area contributed by atoms with Gasteiger partial charge in [-0.15, -0.1) is 0 Å². The Hall–Kier alpha value is -4.64. The van der Waals surface area contributed by atoms with Crippen LogP contribution in [-0.2, 0) is 14.3 Å². The number of primary amides is 1. The molecule has 3 amide bonds. The van der Waals surface area contributed by atoms with Crippen molar-refractivity contribution in [3.63, 3.8) is 0 Å². The summed E-state index contributed by atoms with van der Waals surface area (Å²) in [6.07, 6.45) is 1.70. The minimum absolute atomic E-state index is 0.0176. The first-order chi connectivity index (χ1) is 18.7. The second-order valence-electron chi connectivity index (χ2n) is 9.28. The van der Waals surface area contributed by atoms with Crippen LogP contribution in [-0.4, -0.2) is 66.2 Å². The largest absolute Gasteiger partial charge is 0.481 e. The molecular formula is C28H30N4O7. The van der Waals surface area contributed by atoms with E-state index < -0.39 is 35.3 Å². The maximum Gasteiger partial charge on any atom is 0.332 e. The Bertz CT molecular complexity index is 1320. The number of furan rings is 1. The van der Waals surface area contributed by atoms with Crippen LogP contribution in [0.4, 0.5) is 16.2 Å². The number of nitrogens with two attached hydrogens (primary N) is 1. The molecule has 0 aliphatic carbocycles. The zero-order valence-electron chi connectivity index (χ0n) is 21.4. The summed E-state index contributed by atoms with van der Waals surface area (Å²) in [5.41, 5.74) is 5.20. The fourth-order valence-electron chi connectivity index (χ4n) is 5.02. The number of carboxylic acids is 1. The second kappa shape index (κ2) is 11.8. The zero-order valence-corrected chi connectivity index (χ0v) is 21.4. The number of aliphatic carboxylic acids is 1. The Morgan fingerprint density at radius 3 is 2.38 bits per heavy atom. The number of hydrogen-bond donors (Lipinski definition) is 3. The predicted molar refractivity (Wildman–Crippen MR) is 142 cm³/mol. The lowest BCUT2D eigenvalue weighted by atomic mass is 9.84. The molecule has 0 radical (unpaired) electrons. The highest BCUT2D eigenvalue weighted by molar-refractivity contribution is 6.10. The number of rotatable bonds is 9. The van der Waals surface area contributed by atoms with E-state index in [9.17, 15) is 24.3 Å². The molecular weight excluding hydrogens is 504 g/mol. The molecule has 3 aromatic rings. The number of methoxy groups -OCH3 is 1. The maximum atomic E-state index is 13.8. The Morgan fingerprint density at radius 1 is 1.08 bits per heavy atom. The van der Waals surface area contributed by atoms with Gasteiger partial charge in [-0.05, 0) is 48.7 Å². The minimum atomic E-state index is -1.42. The van der Waals surface area contributed by atoms with Crippen LogP contribution in [0.15, 0.2) is 77.4 Å². The Kier molecular flexibility index (Phi) is 8.30. The van der Waals surface area contributed by atoms with Crippen molar-refractivity contribution >= 4 is 35.3 Å². The number of carbonyl (C=O) groups excluding carboxylic acids is 3. The van der Waals surface area contributed by atoms with Crippen molar-refractivity contribution < 1.29 is 33.4 Å². The average Bonchev–Trinajstić information content (AvgIpc) is 3.48. The van der Waals surface area contributed by atoms with Crippen molar-refractivity contribution in [2.45, 2.75) is 24.3 Å². The van der Waals surface area contributed by atoms with Crippen molar-refractivity contribution in [1.29, 1.82) is 0 Å². The topological polar surface area (TPSA) is 155 Å². The van der Waals surface area contributed by atoms with E-state index in [1.165, 1.54) is 24.3 Å².